The standard InChI is InChI=1S/C36H36Cl2FN3O7S/c1-40-22-9-10-23(40)16-24(15-22)48-36(44)42(30-7-5-4-6-29(30)39)18-25-11-13-34(50-25)35(43)49-32(17-26-27(37)19-41(45)20-28(26)38)21-8-12-31(46-2)33(14-21)47-3/h4-8,11-14,19-20,22-24,32H,9-10,15-18H2,1-3H3/t22-,23+,24?,32-/m0/s1. The molecule has 2 aromatic carbocycles. The monoisotopic (exact) mass is 743 g/mol. The summed E-state index contributed by atoms with van der Waals surface area (Å²) in [5.74, 6) is -0.318. The number of amides is 1. The number of hydrogen-bond acceptors (Lipinski definition) is 9. The van der Waals surface area contributed by atoms with Crippen LogP contribution in [0.3, 0.4) is 0 Å². The first-order valence-electron chi connectivity index (χ1n) is 16.1. The quantitative estimate of drug-likeness (QED) is 0.0873. The first kappa shape index (κ1) is 35.7. The highest BCUT2D eigenvalue weighted by molar-refractivity contribution is 7.14. The van der Waals surface area contributed by atoms with Crippen LogP contribution in [0.25, 0.3) is 0 Å². The Kier molecular flexibility index (Phi) is 11.0. The van der Waals surface area contributed by atoms with Gasteiger partial charge in [-0.15, -0.1) is 11.3 Å². The molecule has 14 heteroatoms. The third-order valence-electron chi connectivity index (χ3n) is 9.34. The summed E-state index contributed by atoms with van der Waals surface area (Å²) in [5.41, 5.74) is 1.06. The number of anilines is 1. The molecule has 2 aromatic heterocycles. The highest BCUT2D eigenvalue weighted by Crippen LogP contribution is 2.38. The van der Waals surface area contributed by atoms with Crippen molar-refractivity contribution in [1.82, 2.24) is 4.90 Å². The lowest BCUT2D eigenvalue weighted by Gasteiger charge is -2.36. The van der Waals surface area contributed by atoms with Gasteiger partial charge >= 0.3 is 12.1 Å². The van der Waals surface area contributed by atoms with Gasteiger partial charge in [0, 0.05) is 41.8 Å². The van der Waals surface area contributed by atoms with Crippen LogP contribution in [0.15, 0.2) is 67.0 Å². The second-order valence-electron chi connectivity index (χ2n) is 12.3. The molecule has 4 heterocycles. The molecule has 2 fully saturated rings. The van der Waals surface area contributed by atoms with Gasteiger partial charge in [-0.2, -0.15) is 4.73 Å². The maximum atomic E-state index is 15.1. The lowest BCUT2D eigenvalue weighted by atomic mass is 10.0. The molecule has 0 radical (unpaired) electrons. The minimum Gasteiger partial charge on any atom is -0.619 e. The van der Waals surface area contributed by atoms with Crippen molar-refractivity contribution in [2.45, 2.75) is 62.9 Å². The third kappa shape index (κ3) is 7.78. The summed E-state index contributed by atoms with van der Waals surface area (Å²) >= 11 is 13.9. The lowest BCUT2D eigenvalue weighted by Crippen LogP contribution is -2.45. The highest BCUT2D eigenvalue weighted by atomic mass is 35.5. The van der Waals surface area contributed by atoms with E-state index in [0.717, 1.165) is 37.0 Å². The number of hydrogen-bond donors (Lipinski definition) is 0. The van der Waals surface area contributed by atoms with E-state index in [4.69, 9.17) is 42.1 Å². The Morgan fingerprint density at radius 3 is 2.36 bits per heavy atom. The molecule has 50 heavy (non-hydrogen) atoms. The van der Waals surface area contributed by atoms with Gasteiger partial charge in [-0.1, -0.05) is 41.4 Å². The van der Waals surface area contributed by atoms with Crippen LogP contribution in [-0.4, -0.2) is 56.4 Å². The van der Waals surface area contributed by atoms with Crippen molar-refractivity contribution in [3.05, 3.63) is 109 Å². The molecule has 0 N–H and O–H groups in total. The van der Waals surface area contributed by atoms with E-state index in [0.29, 0.717) is 44.3 Å². The van der Waals surface area contributed by atoms with Crippen LogP contribution >= 0.6 is 34.5 Å². The Labute approximate surface area is 303 Å². The number of thiophene rings is 1. The number of ether oxygens (including phenoxy) is 4. The fourth-order valence-electron chi connectivity index (χ4n) is 6.69. The maximum Gasteiger partial charge on any atom is 0.414 e. The van der Waals surface area contributed by atoms with Crippen LogP contribution in [-0.2, 0) is 22.4 Å². The Morgan fingerprint density at radius 1 is 1.02 bits per heavy atom. The Morgan fingerprint density at radius 2 is 1.70 bits per heavy atom. The van der Waals surface area contributed by atoms with E-state index >= 15 is 4.39 Å². The topological polar surface area (TPSA) is 104 Å². The molecule has 1 unspecified atom stereocenters. The van der Waals surface area contributed by atoms with Gasteiger partial charge in [0.15, 0.2) is 23.9 Å². The normalized spacial score (nSPS) is 19.1. The zero-order valence-corrected chi connectivity index (χ0v) is 30.0. The second-order valence-corrected chi connectivity index (χ2v) is 14.3. The number of fused-ring (bicyclic) bond motifs is 2. The number of rotatable bonds is 11. The average Bonchev–Trinajstić information content (AvgIpc) is 3.63. The molecule has 2 aliphatic heterocycles. The van der Waals surface area contributed by atoms with E-state index in [-0.39, 0.29) is 39.7 Å². The van der Waals surface area contributed by atoms with Crippen LogP contribution in [0, 0.1) is 11.0 Å². The zero-order valence-electron chi connectivity index (χ0n) is 27.6. The summed E-state index contributed by atoms with van der Waals surface area (Å²) in [6.45, 7) is -0.0271. The third-order valence-corrected chi connectivity index (χ3v) is 11.0. The van der Waals surface area contributed by atoms with Gasteiger partial charge in [0.2, 0.25) is 0 Å². The number of benzene rings is 2. The molecule has 0 aliphatic carbocycles. The highest BCUT2D eigenvalue weighted by Gasteiger charge is 2.40. The number of methoxy groups -OCH3 is 2. The minimum atomic E-state index is -0.903. The van der Waals surface area contributed by atoms with Gasteiger partial charge in [-0.3, -0.25) is 4.90 Å². The van der Waals surface area contributed by atoms with E-state index in [1.807, 2.05) is 0 Å². The molecular weight excluding hydrogens is 708 g/mol. The molecule has 2 bridgehead atoms. The van der Waals surface area contributed by atoms with E-state index in [2.05, 4.69) is 11.9 Å². The summed E-state index contributed by atoms with van der Waals surface area (Å²) < 4.78 is 38.4. The van der Waals surface area contributed by atoms with Crippen molar-refractivity contribution < 1.29 is 37.7 Å². The van der Waals surface area contributed by atoms with Crippen LogP contribution in [0.2, 0.25) is 10.0 Å². The van der Waals surface area contributed by atoms with Gasteiger partial charge in [-0.25, -0.2) is 14.0 Å². The summed E-state index contributed by atoms with van der Waals surface area (Å²) in [6, 6.07) is 15.1. The van der Waals surface area contributed by atoms with Gasteiger partial charge in [0.05, 0.1) is 26.5 Å². The lowest BCUT2D eigenvalue weighted by molar-refractivity contribution is -0.605. The van der Waals surface area contributed by atoms with Crippen molar-refractivity contribution in [2.75, 3.05) is 26.2 Å². The molecular formula is C36H36Cl2FN3O7S. The SMILES string of the molecule is COc1ccc([C@H](Cc2c(Cl)c[n+]([O-])cc2Cl)OC(=O)c2ccc(CN(C(=O)OC3C[C@H]4CC[C@@H](C3)N4C)c3ccccc3F)s2)cc1OC. The smallest absolute Gasteiger partial charge is 0.414 e. The van der Waals surface area contributed by atoms with E-state index < -0.39 is 24.0 Å². The summed E-state index contributed by atoms with van der Waals surface area (Å²) in [4.78, 5) is 31.8. The molecule has 1 amide bonds. The predicted octanol–water partition coefficient (Wildman–Crippen LogP) is 7.75. The van der Waals surface area contributed by atoms with Crippen molar-refractivity contribution in [3.63, 3.8) is 0 Å². The van der Waals surface area contributed by atoms with Crippen molar-refractivity contribution in [2.24, 2.45) is 0 Å². The number of aromatic nitrogens is 1. The van der Waals surface area contributed by atoms with Gasteiger partial charge in [0.1, 0.15) is 32.9 Å². The number of nitrogens with zero attached hydrogens (tertiary/aromatic N) is 3. The largest absolute Gasteiger partial charge is 0.619 e. The molecule has 10 nitrogen and oxygen atoms in total. The molecule has 4 atom stereocenters. The molecule has 0 saturated carbocycles. The number of carbonyl (C=O) groups is 2. The molecule has 0 spiro atoms. The van der Waals surface area contributed by atoms with Gasteiger partial charge in [0.25, 0.3) is 0 Å². The van der Waals surface area contributed by atoms with Gasteiger partial charge in [-0.05, 0) is 61.9 Å². The van der Waals surface area contributed by atoms with Crippen molar-refractivity contribution in [1.29, 1.82) is 0 Å². The summed E-state index contributed by atoms with van der Waals surface area (Å²) in [5, 5.41) is 12.1. The number of esters is 1. The molecule has 2 saturated heterocycles. The average molecular weight is 745 g/mol. The maximum absolute atomic E-state index is 15.1. The molecule has 264 valence electrons. The van der Waals surface area contributed by atoms with Crippen LogP contribution in [0.1, 0.15) is 57.5 Å². The zero-order chi connectivity index (χ0) is 35.5. The first-order chi connectivity index (χ1) is 24.0. The Balaban J connectivity index is 1.23. The van der Waals surface area contributed by atoms with E-state index in [1.54, 1.807) is 42.5 Å². The summed E-state index contributed by atoms with van der Waals surface area (Å²) in [7, 11) is 5.11. The minimum absolute atomic E-state index is 0.0271. The Bertz CT molecular complexity index is 1840. The van der Waals surface area contributed by atoms with Crippen LogP contribution < -0.4 is 19.1 Å². The number of pyridine rings is 1. The van der Waals surface area contributed by atoms with Gasteiger partial charge < -0.3 is 29.1 Å². The fraction of sp³-hybridized carbons (Fsp3) is 0.361. The molecule has 4 aromatic rings. The van der Waals surface area contributed by atoms with Crippen molar-refractivity contribution in [3.8, 4) is 11.5 Å². The predicted molar refractivity (Wildman–Crippen MR) is 188 cm³/mol. The molecule has 2 aliphatic rings. The number of para-hydroxylation sites is 1. The number of carbonyl (C=O) groups excluding carboxylic acids is 2. The Hall–Kier alpha value is -4.10. The van der Waals surface area contributed by atoms with Crippen LogP contribution in [0.5, 0.6) is 11.5 Å². The number of piperidine rings is 1. The number of halogens is 3. The van der Waals surface area contributed by atoms with Crippen molar-refractivity contribution >= 4 is 52.3 Å². The second kappa shape index (κ2) is 15.4. The van der Waals surface area contributed by atoms with E-state index in [9.17, 15) is 14.8 Å². The summed E-state index contributed by atoms with van der Waals surface area (Å²) in [6.07, 6.45) is 4.17. The molecule has 6 rings (SSSR count). The van der Waals surface area contributed by atoms with Crippen LogP contribution in [0.4, 0.5) is 14.9 Å². The van der Waals surface area contributed by atoms with E-state index in [1.165, 1.54) is 43.6 Å². The first-order valence-corrected chi connectivity index (χ1v) is 17.6. The fourth-order valence-corrected chi connectivity index (χ4v) is 8.17.